The number of aliphatic hydroxyl groups excluding tert-OH is 1. The van der Waals surface area contributed by atoms with Gasteiger partial charge in [0.2, 0.25) is 5.91 Å². The Morgan fingerprint density at radius 2 is 2.17 bits per heavy atom. The molecule has 0 aliphatic heterocycles. The molecule has 0 aliphatic rings. The molecule has 0 aromatic heterocycles. The molecule has 0 heterocycles. The van der Waals surface area contributed by atoms with E-state index in [1.54, 1.807) is 6.07 Å². The number of hydrogen-bond donors (Lipinski definition) is 3. The van der Waals surface area contributed by atoms with Crippen molar-refractivity contribution in [3.63, 3.8) is 0 Å². The van der Waals surface area contributed by atoms with Crippen molar-refractivity contribution in [2.45, 2.75) is 26.0 Å². The zero-order chi connectivity index (χ0) is 12.7. The lowest BCUT2D eigenvalue weighted by Gasteiger charge is -2.06. The largest absolute Gasteiger partial charge is 0.392 e. The van der Waals surface area contributed by atoms with Crippen LogP contribution in [0, 0.1) is 5.82 Å². The maximum atomic E-state index is 13.3. The van der Waals surface area contributed by atoms with Crippen molar-refractivity contribution in [2.75, 3.05) is 6.54 Å². The average molecular weight is 277 g/mol. The Hall–Kier alpha value is -1.17. The number of benzene rings is 1. The highest BCUT2D eigenvalue weighted by Crippen LogP contribution is 2.10. The normalized spacial score (nSPS) is 9.72. The highest BCUT2D eigenvalue weighted by Gasteiger charge is 2.04. The number of rotatable bonds is 6. The molecular formula is C12H18ClFN2O2. The van der Waals surface area contributed by atoms with E-state index in [9.17, 15) is 9.18 Å². The summed E-state index contributed by atoms with van der Waals surface area (Å²) >= 11 is 0. The molecule has 4 nitrogen and oxygen atoms in total. The molecular weight excluding hydrogens is 259 g/mol. The summed E-state index contributed by atoms with van der Waals surface area (Å²) in [5.41, 5.74) is 6.20. The van der Waals surface area contributed by atoms with E-state index < -0.39 is 5.82 Å². The van der Waals surface area contributed by atoms with Crippen molar-refractivity contribution in [3.8, 4) is 0 Å². The Morgan fingerprint density at radius 1 is 1.44 bits per heavy atom. The van der Waals surface area contributed by atoms with Crippen LogP contribution in [-0.2, 0) is 17.9 Å². The predicted molar refractivity (Wildman–Crippen MR) is 69.7 cm³/mol. The second-order valence-electron chi connectivity index (χ2n) is 3.75. The van der Waals surface area contributed by atoms with Gasteiger partial charge in [-0.2, -0.15) is 0 Å². The van der Waals surface area contributed by atoms with Crippen molar-refractivity contribution < 1.29 is 14.3 Å². The first-order chi connectivity index (χ1) is 8.17. The second kappa shape index (κ2) is 8.85. The van der Waals surface area contributed by atoms with Crippen LogP contribution in [0.15, 0.2) is 18.2 Å². The highest BCUT2D eigenvalue weighted by atomic mass is 35.5. The number of aliphatic hydroxyl groups is 1. The van der Waals surface area contributed by atoms with E-state index in [1.807, 2.05) is 0 Å². The predicted octanol–water partition coefficient (Wildman–Crippen LogP) is 1.09. The van der Waals surface area contributed by atoms with E-state index in [1.165, 1.54) is 12.1 Å². The molecule has 0 unspecified atom stereocenters. The second-order valence-corrected chi connectivity index (χ2v) is 3.75. The van der Waals surface area contributed by atoms with E-state index in [4.69, 9.17) is 10.8 Å². The summed E-state index contributed by atoms with van der Waals surface area (Å²) in [6.45, 7) is 0.439. The molecule has 0 atom stereocenters. The number of hydrogen-bond acceptors (Lipinski definition) is 3. The summed E-state index contributed by atoms with van der Waals surface area (Å²) in [6.07, 6.45) is 1.03. The third-order valence-corrected chi connectivity index (χ3v) is 2.39. The Labute approximate surface area is 112 Å². The van der Waals surface area contributed by atoms with Gasteiger partial charge in [0, 0.05) is 18.5 Å². The number of carbonyl (C=O) groups is 1. The van der Waals surface area contributed by atoms with Crippen molar-refractivity contribution in [3.05, 3.63) is 35.1 Å². The van der Waals surface area contributed by atoms with Crippen molar-refractivity contribution >= 4 is 18.3 Å². The minimum absolute atomic E-state index is 0. The first kappa shape index (κ1) is 16.8. The van der Waals surface area contributed by atoms with Crippen molar-refractivity contribution in [1.29, 1.82) is 0 Å². The molecule has 0 aliphatic carbocycles. The smallest absolute Gasteiger partial charge is 0.220 e. The molecule has 102 valence electrons. The number of carbonyl (C=O) groups excluding carboxylic acids is 1. The fourth-order valence-electron chi connectivity index (χ4n) is 1.38. The Bertz CT molecular complexity index is 388. The Kier molecular flexibility index (Phi) is 8.28. The third-order valence-electron chi connectivity index (χ3n) is 2.39. The number of nitrogens with two attached hydrogens (primary N) is 1. The fraction of sp³-hybridized carbons (Fsp3) is 0.417. The molecule has 0 saturated heterocycles. The highest BCUT2D eigenvalue weighted by molar-refractivity contribution is 5.85. The monoisotopic (exact) mass is 276 g/mol. The number of amides is 1. The maximum Gasteiger partial charge on any atom is 0.220 e. The molecule has 0 fully saturated rings. The van der Waals surface area contributed by atoms with E-state index in [0.717, 1.165) is 0 Å². The van der Waals surface area contributed by atoms with Crippen LogP contribution in [0.1, 0.15) is 24.0 Å². The van der Waals surface area contributed by atoms with E-state index in [0.29, 0.717) is 24.9 Å². The Balaban J connectivity index is 0.00000289. The van der Waals surface area contributed by atoms with Gasteiger partial charge in [-0.1, -0.05) is 12.1 Å². The van der Waals surface area contributed by atoms with Crippen LogP contribution in [0.4, 0.5) is 4.39 Å². The van der Waals surface area contributed by atoms with E-state index in [2.05, 4.69) is 5.32 Å². The van der Waals surface area contributed by atoms with Gasteiger partial charge in [0.05, 0.1) is 6.61 Å². The summed E-state index contributed by atoms with van der Waals surface area (Å²) in [6, 6.07) is 4.50. The van der Waals surface area contributed by atoms with Crippen molar-refractivity contribution in [1.82, 2.24) is 5.32 Å². The lowest BCUT2D eigenvalue weighted by Crippen LogP contribution is -2.23. The lowest BCUT2D eigenvalue weighted by molar-refractivity contribution is -0.121. The van der Waals surface area contributed by atoms with Crippen LogP contribution in [0.25, 0.3) is 0 Å². The zero-order valence-electron chi connectivity index (χ0n) is 9.99. The quantitative estimate of drug-likeness (QED) is 0.728. The van der Waals surface area contributed by atoms with Crippen LogP contribution < -0.4 is 11.1 Å². The molecule has 0 saturated carbocycles. The molecule has 4 N–H and O–H groups in total. The molecule has 1 amide bonds. The molecule has 6 heteroatoms. The van der Waals surface area contributed by atoms with Gasteiger partial charge in [-0.3, -0.25) is 4.79 Å². The SMILES string of the molecule is Cl.NCCCC(=O)NCc1ccc(CO)c(F)c1. The summed E-state index contributed by atoms with van der Waals surface area (Å²) < 4.78 is 13.3. The van der Waals surface area contributed by atoms with Crippen LogP contribution in [-0.4, -0.2) is 17.6 Å². The van der Waals surface area contributed by atoms with Crippen LogP contribution in [0.2, 0.25) is 0 Å². The molecule has 0 radical (unpaired) electrons. The summed E-state index contributed by atoms with van der Waals surface area (Å²) in [5.74, 6) is -0.552. The lowest BCUT2D eigenvalue weighted by atomic mass is 10.1. The van der Waals surface area contributed by atoms with Gasteiger partial charge in [-0.15, -0.1) is 12.4 Å². The van der Waals surface area contributed by atoms with Gasteiger partial charge in [0.15, 0.2) is 0 Å². The first-order valence-electron chi connectivity index (χ1n) is 5.52. The minimum Gasteiger partial charge on any atom is -0.392 e. The van der Waals surface area contributed by atoms with E-state index in [-0.39, 0.29) is 37.0 Å². The molecule has 1 aromatic rings. The van der Waals surface area contributed by atoms with Gasteiger partial charge in [0.25, 0.3) is 0 Å². The molecule has 0 bridgehead atoms. The molecule has 1 aromatic carbocycles. The summed E-state index contributed by atoms with van der Waals surface area (Å²) in [4.78, 5) is 11.3. The molecule has 0 spiro atoms. The minimum atomic E-state index is -0.457. The fourth-order valence-corrected chi connectivity index (χ4v) is 1.38. The topological polar surface area (TPSA) is 75.4 Å². The van der Waals surface area contributed by atoms with Crippen LogP contribution in [0.3, 0.4) is 0 Å². The van der Waals surface area contributed by atoms with Gasteiger partial charge in [-0.05, 0) is 24.6 Å². The van der Waals surface area contributed by atoms with Gasteiger partial charge in [-0.25, -0.2) is 4.39 Å². The van der Waals surface area contributed by atoms with Gasteiger partial charge in [0.1, 0.15) is 5.82 Å². The number of nitrogens with one attached hydrogen (secondary N) is 1. The third kappa shape index (κ3) is 5.44. The molecule has 1 rings (SSSR count). The number of halogens is 2. The van der Waals surface area contributed by atoms with Crippen molar-refractivity contribution in [2.24, 2.45) is 5.73 Å². The molecule has 18 heavy (non-hydrogen) atoms. The Morgan fingerprint density at radius 3 is 2.72 bits per heavy atom. The van der Waals surface area contributed by atoms with Crippen LogP contribution in [0.5, 0.6) is 0 Å². The summed E-state index contributed by atoms with van der Waals surface area (Å²) in [5, 5.41) is 11.5. The standard InChI is InChI=1S/C12H17FN2O2.ClH/c13-11-6-9(3-4-10(11)8-16)7-15-12(17)2-1-5-14;/h3-4,6,16H,1-2,5,7-8,14H2,(H,15,17);1H. The van der Waals surface area contributed by atoms with E-state index >= 15 is 0 Å². The van der Waals surface area contributed by atoms with Crippen LogP contribution >= 0.6 is 12.4 Å². The van der Waals surface area contributed by atoms with Gasteiger partial charge >= 0.3 is 0 Å². The average Bonchev–Trinajstić information content (AvgIpc) is 2.34. The zero-order valence-corrected chi connectivity index (χ0v) is 10.8. The summed E-state index contributed by atoms with van der Waals surface area (Å²) in [7, 11) is 0. The maximum absolute atomic E-state index is 13.3. The first-order valence-corrected chi connectivity index (χ1v) is 5.52. The van der Waals surface area contributed by atoms with Gasteiger partial charge < -0.3 is 16.2 Å².